The van der Waals surface area contributed by atoms with Gasteiger partial charge in [0.05, 0.1) is 19.4 Å². The van der Waals surface area contributed by atoms with Crippen LogP contribution in [-0.2, 0) is 4.79 Å². The van der Waals surface area contributed by atoms with E-state index in [0.717, 1.165) is 5.56 Å². The molecule has 0 heterocycles. The maximum absolute atomic E-state index is 12.0. The summed E-state index contributed by atoms with van der Waals surface area (Å²) >= 11 is 5.78. The molecular weight excluding hydrogens is 342 g/mol. The maximum atomic E-state index is 12.0. The Morgan fingerprint density at radius 3 is 2.44 bits per heavy atom. The van der Waals surface area contributed by atoms with E-state index < -0.39 is 5.91 Å². The first-order valence-corrected chi connectivity index (χ1v) is 8.05. The summed E-state index contributed by atoms with van der Waals surface area (Å²) in [5.74, 6) is -0.0855. The van der Waals surface area contributed by atoms with Crippen LogP contribution in [0.1, 0.15) is 22.8 Å². The van der Waals surface area contributed by atoms with Crippen molar-refractivity contribution in [3.63, 3.8) is 0 Å². The summed E-state index contributed by atoms with van der Waals surface area (Å²) in [6, 6.07) is 13.7. The van der Waals surface area contributed by atoms with E-state index in [4.69, 9.17) is 16.3 Å². The van der Waals surface area contributed by atoms with Crippen molar-refractivity contribution in [3.05, 3.63) is 64.7 Å². The van der Waals surface area contributed by atoms with E-state index >= 15 is 0 Å². The number of hydrazone groups is 1. The van der Waals surface area contributed by atoms with Gasteiger partial charge >= 0.3 is 0 Å². The van der Waals surface area contributed by atoms with Gasteiger partial charge in [0, 0.05) is 10.6 Å². The minimum atomic E-state index is -0.426. The maximum Gasteiger partial charge on any atom is 0.259 e. The molecule has 0 atom stereocenters. The molecule has 6 nitrogen and oxygen atoms in total. The molecule has 0 aliphatic rings. The summed E-state index contributed by atoms with van der Waals surface area (Å²) < 4.78 is 5.31. The molecule has 2 aromatic rings. The van der Waals surface area contributed by atoms with Gasteiger partial charge in [0.25, 0.3) is 11.8 Å². The highest BCUT2D eigenvalue weighted by Gasteiger charge is 2.07. The van der Waals surface area contributed by atoms with Gasteiger partial charge in [-0.1, -0.05) is 23.7 Å². The fourth-order valence-corrected chi connectivity index (χ4v) is 2.02. The Hall–Kier alpha value is -2.86. The summed E-state index contributed by atoms with van der Waals surface area (Å²) in [5, 5.41) is 6.97. The van der Waals surface area contributed by atoms with E-state index in [1.807, 2.05) is 6.92 Å². The van der Waals surface area contributed by atoms with Crippen LogP contribution in [0.3, 0.4) is 0 Å². The van der Waals surface area contributed by atoms with Gasteiger partial charge in [-0.15, -0.1) is 0 Å². The van der Waals surface area contributed by atoms with E-state index in [-0.39, 0.29) is 12.5 Å². The Kier molecular flexibility index (Phi) is 6.98. The Balaban J connectivity index is 1.77. The lowest BCUT2D eigenvalue weighted by Gasteiger charge is -2.06. The third-order valence-corrected chi connectivity index (χ3v) is 3.36. The topological polar surface area (TPSA) is 79.8 Å². The molecular formula is C18H18ClN3O3. The van der Waals surface area contributed by atoms with Gasteiger partial charge in [0.15, 0.2) is 0 Å². The van der Waals surface area contributed by atoms with Crippen molar-refractivity contribution in [2.45, 2.75) is 6.92 Å². The van der Waals surface area contributed by atoms with Crippen molar-refractivity contribution in [2.24, 2.45) is 5.10 Å². The van der Waals surface area contributed by atoms with Crippen LogP contribution in [0, 0.1) is 0 Å². The summed E-state index contributed by atoms with van der Waals surface area (Å²) in [4.78, 5) is 23.6. The average molecular weight is 360 g/mol. The van der Waals surface area contributed by atoms with Crippen LogP contribution in [0.4, 0.5) is 0 Å². The number of rotatable bonds is 7. The van der Waals surface area contributed by atoms with Gasteiger partial charge < -0.3 is 10.1 Å². The summed E-state index contributed by atoms with van der Waals surface area (Å²) in [7, 11) is 0. The minimum Gasteiger partial charge on any atom is -0.494 e. The van der Waals surface area contributed by atoms with Crippen LogP contribution >= 0.6 is 11.6 Å². The zero-order chi connectivity index (χ0) is 18.1. The highest BCUT2D eigenvalue weighted by molar-refractivity contribution is 6.30. The van der Waals surface area contributed by atoms with Crippen LogP contribution in [0.5, 0.6) is 5.75 Å². The van der Waals surface area contributed by atoms with Crippen LogP contribution in [-0.4, -0.2) is 31.2 Å². The molecule has 0 fully saturated rings. The molecule has 0 saturated heterocycles. The van der Waals surface area contributed by atoms with Crippen LogP contribution in [0.15, 0.2) is 53.6 Å². The standard InChI is InChI=1S/C18H18ClN3O3/c1-2-25-16-9-5-14(6-10-16)18(24)20-12-17(23)22-21-11-13-3-7-15(19)8-4-13/h3-11H,2,12H2,1H3,(H,20,24)(H,22,23)/b21-11+. The van der Waals surface area contributed by atoms with E-state index in [0.29, 0.717) is 22.9 Å². The Labute approximate surface area is 150 Å². The molecule has 2 amide bonds. The number of benzene rings is 2. The van der Waals surface area contributed by atoms with Crippen molar-refractivity contribution in [1.29, 1.82) is 0 Å². The number of hydrogen-bond acceptors (Lipinski definition) is 4. The molecule has 130 valence electrons. The molecule has 0 aromatic heterocycles. The number of nitrogens with zero attached hydrogens (tertiary/aromatic N) is 1. The fraction of sp³-hybridized carbons (Fsp3) is 0.167. The number of halogens is 1. The van der Waals surface area contributed by atoms with Gasteiger partial charge in [-0.05, 0) is 48.9 Å². The molecule has 0 spiro atoms. The molecule has 0 saturated carbocycles. The van der Waals surface area contributed by atoms with Crippen molar-refractivity contribution in [2.75, 3.05) is 13.2 Å². The van der Waals surface area contributed by atoms with Gasteiger partial charge in [0.2, 0.25) is 0 Å². The summed E-state index contributed by atoms with van der Waals surface area (Å²) in [6.07, 6.45) is 1.49. The highest BCUT2D eigenvalue weighted by atomic mass is 35.5. The number of nitrogens with one attached hydrogen (secondary N) is 2. The quantitative estimate of drug-likeness (QED) is 0.589. The molecule has 25 heavy (non-hydrogen) atoms. The normalized spacial score (nSPS) is 10.5. The van der Waals surface area contributed by atoms with E-state index in [1.165, 1.54) is 6.21 Å². The predicted octanol–water partition coefficient (Wildman–Crippen LogP) is 2.62. The molecule has 2 rings (SSSR count). The van der Waals surface area contributed by atoms with Gasteiger partial charge in [0.1, 0.15) is 5.75 Å². The van der Waals surface area contributed by atoms with Gasteiger partial charge in [-0.3, -0.25) is 9.59 Å². The van der Waals surface area contributed by atoms with Crippen molar-refractivity contribution >= 4 is 29.6 Å². The van der Waals surface area contributed by atoms with Crippen LogP contribution in [0.25, 0.3) is 0 Å². The summed E-state index contributed by atoms with van der Waals surface area (Å²) in [6.45, 7) is 2.26. The molecule has 0 aliphatic carbocycles. The Bertz CT molecular complexity index is 743. The second-order valence-corrected chi connectivity index (χ2v) is 5.42. The lowest BCUT2D eigenvalue weighted by atomic mass is 10.2. The second-order valence-electron chi connectivity index (χ2n) is 4.98. The Morgan fingerprint density at radius 1 is 1.12 bits per heavy atom. The van der Waals surface area contributed by atoms with Gasteiger partial charge in [-0.25, -0.2) is 5.43 Å². The second kappa shape index (κ2) is 9.44. The average Bonchev–Trinajstić information content (AvgIpc) is 2.62. The SMILES string of the molecule is CCOc1ccc(C(=O)NCC(=O)N/N=C/c2ccc(Cl)cc2)cc1. The monoisotopic (exact) mass is 359 g/mol. The molecule has 2 aromatic carbocycles. The largest absolute Gasteiger partial charge is 0.494 e. The summed E-state index contributed by atoms with van der Waals surface area (Å²) in [5.41, 5.74) is 3.58. The lowest BCUT2D eigenvalue weighted by molar-refractivity contribution is -0.120. The van der Waals surface area contributed by atoms with Crippen molar-refractivity contribution in [3.8, 4) is 5.75 Å². The third-order valence-electron chi connectivity index (χ3n) is 3.11. The molecule has 0 aliphatic heterocycles. The minimum absolute atomic E-state index is 0.177. The molecule has 2 N–H and O–H groups in total. The number of carbonyl (C=O) groups is 2. The number of hydrogen-bond donors (Lipinski definition) is 2. The number of amides is 2. The molecule has 0 radical (unpaired) electrons. The zero-order valence-electron chi connectivity index (χ0n) is 13.7. The first-order valence-electron chi connectivity index (χ1n) is 7.67. The lowest BCUT2D eigenvalue weighted by Crippen LogP contribution is -2.34. The zero-order valence-corrected chi connectivity index (χ0v) is 14.4. The van der Waals surface area contributed by atoms with E-state index in [9.17, 15) is 9.59 Å². The van der Waals surface area contributed by atoms with E-state index in [2.05, 4.69) is 15.8 Å². The fourth-order valence-electron chi connectivity index (χ4n) is 1.90. The highest BCUT2D eigenvalue weighted by Crippen LogP contribution is 2.11. The molecule has 0 unspecified atom stereocenters. The third kappa shape index (κ3) is 6.27. The predicted molar refractivity (Wildman–Crippen MR) is 97.1 cm³/mol. The smallest absolute Gasteiger partial charge is 0.259 e. The van der Waals surface area contributed by atoms with Gasteiger partial charge in [-0.2, -0.15) is 5.10 Å². The molecule has 7 heteroatoms. The molecule has 0 bridgehead atoms. The first kappa shape index (κ1) is 18.5. The van der Waals surface area contributed by atoms with Crippen molar-refractivity contribution < 1.29 is 14.3 Å². The number of carbonyl (C=O) groups excluding carboxylic acids is 2. The number of ether oxygens (including phenoxy) is 1. The van der Waals surface area contributed by atoms with Crippen LogP contribution in [0.2, 0.25) is 5.02 Å². The van der Waals surface area contributed by atoms with E-state index in [1.54, 1.807) is 48.5 Å². The van der Waals surface area contributed by atoms with Crippen molar-refractivity contribution in [1.82, 2.24) is 10.7 Å². The van der Waals surface area contributed by atoms with Crippen LogP contribution < -0.4 is 15.5 Å². The Morgan fingerprint density at radius 2 is 1.80 bits per heavy atom. The first-order chi connectivity index (χ1) is 12.1.